The normalized spacial score (nSPS) is 10.6. The second-order valence-electron chi connectivity index (χ2n) is 1.51. The second kappa shape index (κ2) is 4.43. The van der Waals surface area contributed by atoms with Crippen molar-refractivity contribution in [3.63, 3.8) is 0 Å². The van der Waals surface area contributed by atoms with Crippen LogP contribution in [-0.4, -0.2) is 22.7 Å². The topological polar surface area (TPSA) is 69.6 Å². The molecule has 0 fully saturated rings. The Bertz CT molecular complexity index is 162. The summed E-state index contributed by atoms with van der Waals surface area (Å²) < 4.78 is 0. The molecule has 0 atom stereocenters. The van der Waals surface area contributed by atoms with E-state index in [0.29, 0.717) is 6.26 Å². The van der Waals surface area contributed by atoms with E-state index in [1.165, 1.54) is 6.08 Å². The first kappa shape index (κ1) is 8.55. The number of rotatable bonds is 3. The van der Waals surface area contributed by atoms with Gasteiger partial charge in [0.15, 0.2) is 0 Å². The Balaban J connectivity index is 3.74. The van der Waals surface area contributed by atoms with Crippen LogP contribution in [0.4, 0.5) is 0 Å². The van der Waals surface area contributed by atoms with E-state index in [0.717, 1.165) is 0 Å². The van der Waals surface area contributed by atoms with Crippen LogP contribution in [0.15, 0.2) is 24.7 Å². The van der Waals surface area contributed by atoms with Crippen molar-refractivity contribution in [1.82, 2.24) is 5.32 Å². The van der Waals surface area contributed by atoms with E-state index in [2.05, 4.69) is 11.9 Å². The highest BCUT2D eigenvalue weighted by Gasteiger charge is 2.03. The van der Waals surface area contributed by atoms with Crippen molar-refractivity contribution < 1.29 is 15.0 Å². The third kappa shape index (κ3) is 2.76. The third-order valence-corrected chi connectivity index (χ3v) is 0.762. The fourth-order valence-electron chi connectivity index (χ4n) is 0.314. The maximum Gasteiger partial charge on any atom is 0.289 e. The average molecular weight is 143 g/mol. The van der Waals surface area contributed by atoms with Gasteiger partial charge in [-0.25, -0.2) is 0 Å². The first-order valence-corrected chi connectivity index (χ1v) is 2.64. The van der Waals surface area contributed by atoms with Crippen LogP contribution in [0.1, 0.15) is 0 Å². The summed E-state index contributed by atoms with van der Waals surface area (Å²) in [5.41, 5.74) is 0. The SMILES string of the molecule is C=CCNC(=O)C(O)=CO. The van der Waals surface area contributed by atoms with Gasteiger partial charge in [0, 0.05) is 6.54 Å². The van der Waals surface area contributed by atoms with Crippen molar-refractivity contribution in [3.8, 4) is 0 Å². The van der Waals surface area contributed by atoms with Crippen LogP contribution in [0.3, 0.4) is 0 Å². The number of hydrogen-bond acceptors (Lipinski definition) is 3. The molecule has 0 aromatic heterocycles. The summed E-state index contributed by atoms with van der Waals surface area (Å²) in [6, 6.07) is 0. The predicted molar refractivity (Wildman–Crippen MR) is 36.5 cm³/mol. The number of aliphatic hydroxyl groups excluding tert-OH is 2. The van der Waals surface area contributed by atoms with Gasteiger partial charge in [-0.3, -0.25) is 4.79 Å². The van der Waals surface area contributed by atoms with Gasteiger partial charge in [-0.15, -0.1) is 6.58 Å². The summed E-state index contributed by atoms with van der Waals surface area (Å²) in [5, 5.41) is 18.9. The number of carbonyl (C=O) groups is 1. The molecule has 4 heteroatoms. The highest BCUT2D eigenvalue weighted by atomic mass is 16.3. The van der Waals surface area contributed by atoms with E-state index < -0.39 is 11.7 Å². The zero-order valence-corrected chi connectivity index (χ0v) is 5.37. The van der Waals surface area contributed by atoms with Crippen molar-refractivity contribution in [2.45, 2.75) is 0 Å². The van der Waals surface area contributed by atoms with Crippen LogP contribution in [0, 0.1) is 0 Å². The number of aliphatic hydroxyl groups is 2. The van der Waals surface area contributed by atoms with Gasteiger partial charge in [0.2, 0.25) is 5.76 Å². The van der Waals surface area contributed by atoms with Crippen molar-refractivity contribution in [1.29, 1.82) is 0 Å². The molecular formula is C6H9NO3. The highest BCUT2D eigenvalue weighted by Crippen LogP contribution is 1.83. The maximum absolute atomic E-state index is 10.5. The van der Waals surface area contributed by atoms with Gasteiger partial charge in [0.05, 0.1) is 0 Å². The molecule has 0 aliphatic heterocycles. The number of nitrogens with one attached hydrogen (secondary N) is 1. The molecule has 0 rings (SSSR count). The molecular weight excluding hydrogens is 134 g/mol. The summed E-state index contributed by atoms with van der Waals surface area (Å²) in [6.07, 6.45) is 1.79. The number of amides is 1. The van der Waals surface area contributed by atoms with Gasteiger partial charge >= 0.3 is 0 Å². The molecule has 0 bridgehead atoms. The highest BCUT2D eigenvalue weighted by molar-refractivity contribution is 5.90. The lowest BCUT2D eigenvalue weighted by Crippen LogP contribution is -2.24. The molecule has 0 aromatic rings. The molecule has 0 saturated heterocycles. The first-order chi connectivity index (χ1) is 4.72. The smallest absolute Gasteiger partial charge is 0.289 e. The molecule has 0 heterocycles. The van der Waals surface area contributed by atoms with Crippen LogP contribution < -0.4 is 5.32 Å². The van der Waals surface area contributed by atoms with Gasteiger partial charge in [0.1, 0.15) is 6.26 Å². The van der Waals surface area contributed by atoms with Crippen LogP contribution >= 0.6 is 0 Å². The van der Waals surface area contributed by atoms with E-state index >= 15 is 0 Å². The quantitative estimate of drug-likeness (QED) is 0.301. The monoisotopic (exact) mass is 143 g/mol. The summed E-state index contributed by atoms with van der Waals surface area (Å²) in [6.45, 7) is 3.60. The van der Waals surface area contributed by atoms with Crippen LogP contribution in [-0.2, 0) is 4.79 Å². The summed E-state index contributed by atoms with van der Waals surface area (Å²) in [5.74, 6) is -1.43. The molecule has 0 spiro atoms. The van der Waals surface area contributed by atoms with E-state index in [4.69, 9.17) is 10.2 Å². The summed E-state index contributed by atoms with van der Waals surface area (Å²) in [4.78, 5) is 10.5. The van der Waals surface area contributed by atoms with Crippen molar-refractivity contribution >= 4 is 5.91 Å². The Kier molecular flexibility index (Phi) is 3.79. The van der Waals surface area contributed by atoms with Gasteiger partial charge in [-0.1, -0.05) is 6.08 Å². The van der Waals surface area contributed by atoms with Crippen LogP contribution in [0.5, 0.6) is 0 Å². The fourth-order valence-corrected chi connectivity index (χ4v) is 0.314. The third-order valence-electron chi connectivity index (χ3n) is 0.762. The van der Waals surface area contributed by atoms with Gasteiger partial charge in [-0.05, 0) is 0 Å². The molecule has 0 saturated carbocycles. The van der Waals surface area contributed by atoms with Gasteiger partial charge in [-0.2, -0.15) is 0 Å². The Morgan fingerprint density at radius 2 is 2.30 bits per heavy atom. The minimum absolute atomic E-state index is 0.261. The lowest BCUT2D eigenvalue weighted by Gasteiger charge is -1.97. The van der Waals surface area contributed by atoms with Crippen molar-refractivity contribution in [2.24, 2.45) is 0 Å². The lowest BCUT2D eigenvalue weighted by molar-refractivity contribution is -0.119. The molecule has 1 amide bonds. The molecule has 4 nitrogen and oxygen atoms in total. The van der Waals surface area contributed by atoms with E-state index in [9.17, 15) is 4.79 Å². The van der Waals surface area contributed by atoms with Gasteiger partial charge in [0.25, 0.3) is 5.91 Å². The largest absolute Gasteiger partial charge is 0.512 e. The van der Waals surface area contributed by atoms with Crippen LogP contribution in [0.25, 0.3) is 0 Å². The molecule has 3 N–H and O–H groups in total. The zero-order valence-electron chi connectivity index (χ0n) is 5.37. The summed E-state index contributed by atoms with van der Waals surface area (Å²) in [7, 11) is 0. The Morgan fingerprint density at radius 3 is 2.70 bits per heavy atom. The Labute approximate surface area is 58.5 Å². The first-order valence-electron chi connectivity index (χ1n) is 2.64. The van der Waals surface area contributed by atoms with Crippen molar-refractivity contribution in [3.05, 3.63) is 24.7 Å². The Hall–Kier alpha value is -1.45. The predicted octanol–water partition coefficient (Wildman–Crippen LogP) is 0.246. The van der Waals surface area contributed by atoms with Crippen molar-refractivity contribution in [2.75, 3.05) is 6.54 Å². The molecule has 0 unspecified atom stereocenters. The molecule has 0 radical (unpaired) electrons. The minimum Gasteiger partial charge on any atom is -0.512 e. The summed E-state index contributed by atoms with van der Waals surface area (Å²) >= 11 is 0. The van der Waals surface area contributed by atoms with E-state index in [1.807, 2.05) is 0 Å². The van der Waals surface area contributed by atoms with E-state index in [1.54, 1.807) is 0 Å². The molecule has 0 aliphatic carbocycles. The van der Waals surface area contributed by atoms with Gasteiger partial charge < -0.3 is 15.5 Å². The molecule has 0 aliphatic rings. The molecule has 56 valence electrons. The Morgan fingerprint density at radius 1 is 1.70 bits per heavy atom. The molecule has 0 aromatic carbocycles. The second-order valence-corrected chi connectivity index (χ2v) is 1.51. The minimum atomic E-state index is -0.720. The fraction of sp³-hybridized carbons (Fsp3) is 0.167. The number of carbonyl (C=O) groups excluding carboxylic acids is 1. The zero-order chi connectivity index (χ0) is 7.98. The van der Waals surface area contributed by atoms with E-state index in [-0.39, 0.29) is 6.54 Å². The molecule has 10 heavy (non-hydrogen) atoms. The maximum atomic E-state index is 10.5. The van der Waals surface area contributed by atoms with Crippen LogP contribution in [0.2, 0.25) is 0 Å². The standard InChI is InChI=1S/C6H9NO3/c1-2-3-7-6(10)5(9)4-8/h2,4,8-9H,1,3H2,(H,7,10). The average Bonchev–Trinajstić information content (AvgIpc) is 1.98. The lowest BCUT2D eigenvalue weighted by atomic mass is 10.5. The number of hydrogen-bond donors (Lipinski definition) is 3.